The first-order valence-electron chi connectivity index (χ1n) is 5.15. The number of hydrogen-bond acceptors (Lipinski definition) is 3. The Morgan fingerprint density at radius 3 is 2.27 bits per heavy atom. The van der Waals surface area contributed by atoms with Crippen molar-refractivity contribution in [2.75, 3.05) is 6.61 Å². The third-order valence-corrected chi connectivity index (χ3v) is 2.24. The van der Waals surface area contributed by atoms with E-state index in [-0.39, 0.29) is 18.6 Å². The molecule has 3 heteroatoms. The van der Waals surface area contributed by atoms with Gasteiger partial charge in [-0.3, -0.25) is 0 Å². The van der Waals surface area contributed by atoms with Crippen LogP contribution in [0.5, 0.6) is 5.75 Å². The van der Waals surface area contributed by atoms with Gasteiger partial charge < -0.3 is 14.9 Å². The third-order valence-electron chi connectivity index (χ3n) is 2.24. The van der Waals surface area contributed by atoms with Crippen molar-refractivity contribution in [2.45, 2.75) is 26.1 Å². The highest BCUT2D eigenvalue weighted by Crippen LogP contribution is 2.17. The molecule has 1 aromatic carbocycles. The lowest BCUT2D eigenvalue weighted by atomic mass is 10.0. The van der Waals surface area contributed by atoms with Crippen molar-refractivity contribution in [3.63, 3.8) is 0 Å². The molecule has 0 unspecified atom stereocenters. The van der Waals surface area contributed by atoms with E-state index in [1.165, 1.54) is 0 Å². The van der Waals surface area contributed by atoms with Gasteiger partial charge in [-0.15, -0.1) is 0 Å². The molecule has 0 fully saturated rings. The molecule has 1 aromatic rings. The minimum Gasteiger partial charge on any atom is -0.487 e. The Kier molecular flexibility index (Phi) is 4.59. The van der Waals surface area contributed by atoms with E-state index in [2.05, 4.69) is 0 Å². The zero-order valence-corrected chi connectivity index (χ0v) is 9.13. The van der Waals surface area contributed by atoms with E-state index in [4.69, 9.17) is 9.84 Å². The van der Waals surface area contributed by atoms with E-state index in [0.717, 1.165) is 0 Å². The average molecular weight is 210 g/mol. The molecule has 0 aliphatic carbocycles. The van der Waals surface area contributed by atoms with Crippen LogP contribution < -0.4 is 4.74 Å². The third kappa shape index (κ3) is 3.53. The Hall–Kier alpha value is -1.06. The summed E-state index contributed by atoms with van der Waals surface area (Å²) in [6.07, 6.45) is -1.22. The maximum atomic E-state index is 9.57. The lowest BCUT2D eigenvalue weighted by molar-refractivity contribution is -0.0216. The predicted octanol–water partition coefficient (Wildman–Crippen LogP) is 1.44. The van der Waals surface area contributed by atoms with Crippen molar-refractivity contribution < 1.29 is 14.9 Å². The van der Waals surface area contributed by atoms with Gasteiger partial charge in [-0.25, -0.2) is 0 Å². The summed E-state index contributed by atoms with van der Waals surface area (Å²) in [7, 11) is 0. The lowest BCUT2D eigenvalue weighted by Crippen LogP contribution is -2.38. The highest BCUT2D eigenvalue weighted by Gasteiger charge is 2.23. The zero-order valence-electron chi connectivity index (χ0n) is 9.13. The molecule has 0 bridgehead atoms. The molecule has 0 saturated carbocycles. The monoisotopic (exact) mass is 210 g/mol. The van der Waals surface area contributed by atoms with Gasteiger partial charge in [0.25, 0.3) is 0 Å². The van der Waals surface area contributed by atoms with Crippen LogP contribution in [0, 0.1) is 5.92 Å². The molecule has 0 saturated heterocycles. The van der Waals surface area contributed by atoms with Crippen LogP contribution in [-0.4, -0.2) is 29.0 Å². The first-order valence-corrected chi connectivity index (χ1v) is 5.15. The minimum atomic E-state index is -0.842. The van der Waals surface area contributed by atoms with Crippen molar-refractivity contribution >= 4 is 0 Å². The number of aliphatic hydroxyl groups excluding tert-OH is 2. The molecular weight excluding hydrogens is 192 g/mol. The summed E-state index contributed by atoms with van der Waals surface area (Å²) in [5, 5.41) is 18.5. The fraction of sp³-hybridized carbons (Fsp3) is 0.500. The summed E-state index contributed by atoms with van der Waals surface area (Å²) in [5.41, 5.74) is 0. The summed E-state index contributed by atoms with van der Waals surface area (Å²) >= 11 is 0. The second-order valence-electron chi connectivity index (χ2n) is 3.89. The Morgan fingerprint density at radius 1 is 1.20 bits per heavy atom. The fourth-order valence-corrected chi connectivity index (χ4v) is 1.42. The molecule has 84 valence electrons. The SMILES string of the molecule is CC(C)[C@@H](Oc1ccccc1)[C@H](O)CO. The van der Waals surface area contributed by atoms with Crippen LogP contribution in [0.4, 0.5) is 0 Å². The van der Waals surface area contributed by atoms with Crippen LogP contribution in [0.25, 0.3) is 0 Å². The molecule has 0 spiro atoms. The van der Waals surface area contributed by atoms with Crippen molar-refractivity contribution in [1.29, 1.82) is 0 Å². The van der Waals surface area contributed by atoms with E-state index in [9.17, 15) is 5.11 Å². The first kappa shape index (κ1) is 12.0. The molecule has 0 aliphatic rings. The maximum Gasteiger partial charge on any atom is 0.129 e. The van der Waals surface area contributed by atoms with Crippen LogP contribution in [0.2, 0.25) is 0 Å². The van der Waals surface area contributed by atoms with Gasteiger partial charge in [0.1, 0.15) is 18.0 Å². The van der Waals surface area contributed by atoms with Crippen molar-refractivity contribution in [2.24, 2.45) is 5.92 Å². The van der Waals surface area contributed by atoms with Gasteiger partial charge in [0.15, 0.2) is 0 Å². The molecule has 2 N–H and O–H groups in total. The van der Waals surface area contributed by atoms with Gasteiger partial charge in [0, 0.05) is 0 Å². The second kappa shape index (κ2) is 5.73. The van der Waals surface area contributed by atoms with Crippen LogP contribution in [0.15, 0.2) is 30.3 Å². The molecule has 2 atom stereocenters. The highest BCUT2D eigenvalue weighted by molar-refractivity contribution is 5.21. The Labute approximate surface area is 90.3 Å². The summed E-state index contributed by atoms with van der Waals surface area (Å²) in [5.74, 6) is 0.857. The average Bonchev–Trinajstić information content (AvgIpc) is 2.26. The highest BCUT2D eigenvalue weighted by atomic mass is 16.5. The molecule has 0 heterocycles. The molecule has 0 aliphatic heterocycles. The molecule has 15 heavy (non-hydrogen) atoms. The van der Waals surface area contributed by atoms with E-state index < -0.39 is 6.10 Å². The lowest BCUT2D eigenvalue weighted by Gasteiger charge is -2.26. The van der Waals surface area contributed by atoms with Gasteiger partial charge in [-0.05, 0) is 18.1 Å². The first-order chi connectivity index (χ1) is 7.15. The van der Waals surface area contributed by atoms with Gasteiger partial charge in [0.05, 0.1) is 6.61 Å². The van der Waals surface area contributed by atoms with Crippen LogP contribution in [-0.2, 0) is 0 Å². The van der Waals surface area contributed by atoms with Crippen LogP contribution in [0.3, 0.4) is 0 Å². The number of hydrogen-bond donors (Lipinski definition) is 2. The van der Waals surface area contributed by atoms with E-state index >= 15 is 0 Å². The summed E-state index contributed by atoms with van der Waals surface area (Å²) in [6.45, 7) is 3.62. The second-order valence-corrected chi connectivity index (χ2v) is 3.89. The number of rotatable bonds is 5. The summed E-state index contributed by atoms with van der Waals surface area (Å²) in [6, 6.07) is 9.31. The number of ether oxygens (including phenoxy) is 1. The smallest absolute Gasteiger partial charge is 0.129 e. The van der Waals surface area contributed by atoms with Crippen LogP contribution in [0.1, 0.15) is 13.8 Å². The van der Waals surface area contributed by atoms with Crippen LogP contribution >= 0.6 is 0 Å². The maximum absolute atomic E-state index is 9.57. The Bertz CT molecular complexity index is 271. The van der Waals surface area contributed by atoms with E-state index in [1.54, 1.807) is 0 Å². The minimum absolute atomic E-state index is 0.146. The Morgan fingerprint density at radius 2 is 1.80 bits per heavy atom. The fourth-order valence-electron chi connectivity index (χ4n) is 1.42. The van der Waals surface area contributed by atoms with Crippen molar-refractivity contribution in [1.82, 2.24) is 0 Å². The molecule has 1 rings (SSSR count). The molecule has 0 radical (unpaired) electrons. The van der Waals surface area contributed by atoms with Gasteiger partial charge in [0.2, 0.25) is 0 Å². The zero-order chi connectivity index (χ0) is 11.3. The quantitative estimate of drug-likeness (QED) is 0.773. The summed E-state index contributed by atoms with van der Waals surface area (Å²) < 4.78 is 5.62. The van der Waals surface area contributed by atoms with E-state index in [1.807, 2.05) is 44.2 Å². The number of para-hydroxylation sites is 1. The van der Waals surface area contributed by atoms with Crippen molar-refractivity contribution in [3.8, 4) is 5.75 Å². The van der Waals surface area contributed by atoms with Gasteiger partial charge >= 0.3 is 0 Å². The molecular formula is C12H18O3. The molecule has 0 aromatic heterocycles. The van der Waals surface area contributed by atoms with Gasteiger partial charge in [-0.2, -0.15) is 0 Å². The Balaban J connectivity index is 2.67. The number of aliphatic hydroxyl groups is 2. The molecule has 3 nitrogen and oxygen atoms in total. The predicted molar refractivity (Wildman–Crippen MR) is 58.8 cm³/mol. The standard InChI is InChI=1S/C12H18O3/c1-9(2)12(11(14)8-13)15-10-6-4-3-5-7-10/h3-7,9,11-14H,8H2,1-2H3/t11-,12-/m1/s1. The van der Waals surface area contributed by atoms with Crippen molar-refractivity contribution in [3.05, 3.63) is 30.3 Å². The summed E-state index contributed by atoms with van der Waals surface area (Å²) in [4.78, 5) is 0. The van der Waals surface area contributed by atoms with Gasteiger partial charge in [-0.1, -0.05) is 32.0 Å². The van der Waals surface area contributed by atoms with E-state index in [0.29, 0.717) is 5.75 Å². The largest absolute Gasteiger partial charge is 0.487 e. The normalized spacial score (nSPS) is 15.0. The number of benzene rings is 1. The molecule has 0 amide bonds. The topological polar surface area (TPSA) is 49.7 Å².